The molecule has 0 aliphatic rings. The minimum atomic E-state index is -3.43. The Morgan fingerprint density at radius 2 is 1.61 bits per heavy atom. The van der Waals surface area contributed by atoms with Crippen molar-refractivity contribution in [3.63, 3.8) is 0 Å². The van der Waals surface area contributed by atoms with Gasteiger partial charge in [0.2, 0.25) is 5.75 Å². The fourth-order valence-corrected chi connectivity index (χ4v) is 2.75. The quantitative estimate of drug-likeness (QED) is 0.461. The Bertz CT molecular complexity index is 826. The molecule has 7 nitrogen and oxygen atoms in total. The first-order chi connectivity index (χ1) is 13.2. The van der Waals surface area contributed by atoms with Gasteiger partial charge in [-0.1, -0.05) is 0 Å². The number of hydrogen-bond donors (Lipinski definition) is 0. The summed E-state index contributed by atoms with van der Waals surface area (Å²) in [7, 11) is 4.48. The summed E-state index contributed by atoms with van der Waals surface area (Å²) in [4.78, 5) is 10.7. The summed E-state index contributed by atoms with van der Waals surface area (Å²) in [5, 5.41) is 11.3. The molecule has 0 spiro atoms. The van der Waals surface area contributed by atoms with Crippen molar-refractivity contribution in [1.82, 2.24) is 0 Å². The molecule has 0 saturated heterocycles. The Balaban J connectivity index is 2.28. The molecule has 0 aromatic heterocycles. The Morgan fingerprint density at radius 1 is 1.00 bits per heavy atom. The average Bonchev–Trinajstić information content (AvgIpc) is 2.64. The van der Waals surface area contributed by atoms with Gasteiger partial charge in [0.25, 0.3) is 5.69 Å². The molecule has 28 heavy (non-hydrogen) atoms. The molecule has 2 aromatic rings. The van der Waals surface area contributed by atoms with E-state index in [1.54, 1.807) is 12.1 Å². The van der Waals surface area contributed by atoms with Crippen LogP contribution >= 0.6 is 0 Å². The van der Waals surface area contributed by atoms with E-state index in [1.165, 1.54) is 33.5 Å². The highest BCUT2D eigenvalue weighted by Crippen LogP contribution is 2.38. The molecule has 0 N–H and O–H groups in total. The molecular weight excluding hydrogens is 376 g/mol. The van der Waals surface area contributed by atoms with E-state index in [0.717, 1.165) is 11.6 Å². The molecule has 0 fully saturated rings. The van der Waals surface area contributed by atoms with E-state index < -0.39 is 11.0 Å². The predicted molar refractivity (Wildman–Crippen MR) is 97.9 cm³/mol. The predicted octanol–water partition coefficient (Wildman–Crippen LogP) is 4.40. The monoisotopic (exact) mass is 397 g/mol. The topological polar surface area (TPSA) is 80.1 Å². The maximum absolute atomic E-state index is 13.0. The number of nitro groups is 1. The van der Waals surface area contributed by atoms with Gasteiger partial charge in [-0.15, -0.1) is 0 Å². The molecule has 0 atom stereocenters. The van der Waals surface area contributed by atoms with Gasteiger partial charge in [-0.25, -0.2) is 0 Å². The third-order valence-electron chi connectivity index (χ3n) is 3.96. The number of rotatable bonds is 9. The molecule has 0 unspecified atom stereocenters. The van der Waals surface area contributed by atoms with Crippen molar-refractivity contribution in [3.8, 4) is 23.0 Å². The molecule has 2 aromatic carbocycles. The van der Waals surface area contributed by atoms with E-state index in [1.807, 2.05) is 0 Å². The van der Waals surface area contributed by atoms with E-state index in [9.17, 15) is 18.9 Å². The van der Waals surface area contributed by atoms with Crippen LogP contribution < -0.4 is 18.9 Å². The van der Waals surface area contributed by atoms with Crippen LogP contribution in [-0.2, 0) is 12.8 Å². The summed E-state index contributed by atoms with van der Waals surface area (Å²) >= 11 is 0. The molecule has 0 aliphatic carbocycles. The first kappa shape index (κ1) is 21.2. The maximum Gasteiger partial charge on any atom is 0.394 e. The molecule has 9 heteroatoms. The van der Waals surface area contributed by atoms with Crippen LogP contribution in [0.3, 0.4) is 0 Å². The zero-order valence-corrected chi connectivity index (χ0v) is 16.0. The highest BCUT2D eigenvalue weighted by molar-refractivity contribution is 5.54. The minimum absolute atomic E-state index is 0.268. The van der Waals surface area contributed by atoms with Crippen LogP contribution in [0, 0.1) is 10.1 Å². The number of hydrogen-bond acceptors (Lipinski definition) is 6. The highest BCUT2D eigenvalue weighted by Gasteiger charge is 2.25. The van der Waals surface area contributed by atoms with Crippen molar-refractivity contribution >= 4 is 5.69 Å². The Hall–Kier alpha value is -3.10. The molecule has 0 amide bonds. The van der Waals surface area contributed by atoms with Gasteiger partial charge in [0, 0.05) is 12.5 Å². The molecule has 152 valence electrons. The van der Waals surface area contributed by atoms with Crippen molar-refractivity contribution in [2.75, 3.05) is 21.3 Å². The second-order valence-electron chi connectivity index (χ2n) is 5.99. The van der Waals surface area contributed by atoms with Gasteiger partial charge in [0.05, 0.1) is 32.3 Å². The summed E-state index contributed by atoms with van der Waals surface area (Å²) in [5.74, 6) is 1.12. The average molecular weight is 397 g/mol. The Labute approximate surface area is 160 Å². The van der Waals surface area contributed by atoms with Crippen LogP contribution in [-0.4, -0.2) is 32.4 Å². The first-order valence-corrected chi connectivity index (χ1v) is 8.31. The van der Waals surface area contributed by atoms with Crippen LogP contribution in [0.4, 0.5) is 14.5 Å². The number of nitrogens with zero attached hydrogens (tertiary/aromatic N) is 1. The summed E-state index contributed by atoms with van der Waals surface area (Å²) in [5.41, 5.74) is 0.920. The van der Waals surface area contributed by atoms with E-state index in [2.05, 4.69) is 4.74 Å². The van der Waals surface area contributed by atoms with Crippen LogP contribution in [0.1, 0.15) is 18.1 Å². The summed E-state index contributed by atoms with van der Waals surface area (Å²) < 4.78 is 46.2. The van der Waals surface area contributed by atoms with Crippen molar-refractivity contribution in [2.45, 2.75) is 25.9 Å². The molecular formula is C19H21F2NO6. The molecule has 0 bridgehead atoms. The van der Waals surface area contributed by atoms with E-state index in [4.69, 9.17) is 14.2 Å². The van der Waals surface area contributed by atoms with Crippen LogP contribution in [0.5, 0.6) is 23.0 Å². The van der Waals surface area contributed by atoms with Gasteiger partial charge < -0.3 is 18.9 Å². The SMILES string of the molecule is COc1cc(CCc2ccc(OC(C)(F)F)cc2[N+](=O)[O-])cc(OC)c1OC. The van der Waals surface area contributed by atoms with Crippen molar-refractivity contribution in [2.24, 2.45) is 0 Å². The molecule has 2 rings (SSSR count). The van der Waals surface area contributed by atoms with Gasteiger partial charge in [-0.05, 0) is 42.7 Å². The van der Waals surface area contributed by atoms with Gasteiger partial charge in [-0.2, -0.15) is 8.78 Å². The van der Waals surface area contributed by atoms with Gasteiger partial charge in [-0.3, -0.25) is 10.1 Å². The second kappa shape index (κ2) is 8.73. The van der Waals surface area contributed by atoms with Crippen molar-refractivity contribution in [1.29, 1.82) is 0 Å². The van der Waals surface area contributed by atoms with Crippen LogP contribution in [0.2, 0.25) is 0 Å². The van der Waals surface area contributed by atoms with E-state index in [0.29, 0.717) is 42.6 Å². The summed E-state index contributed by atoms with van der Waals surface area (Å²) in [6.07, 6.45) is -2.69. The normalized spacial score (nSPS) is 11.1. The highest BCUT2D eigenvalue weighted by atomic mass is 19.3. The first-order valence-electron chi connectivity index (χ1n) is 8.31. The smallest absolute Gasteiger partial charge is 0.394 e. The molecule has 0 heterocycles. The number of alkyl halides is 2. The number of methoxy groups -OCH3 is 3. The van der Waals surface area contributed by atoms with Crippen LogP contribution in [0.25, 0.3) is 0 Å². The minimum Gasteiger partial charge on any atom is -0.493 e. The number of nitro benzene ring substituents is 1. The lowest BCUT2D eigenvalue weighted by molar-refractivity contribution is -0.385. The maximum atomic E-state index is 13.0. The fraction of sp³-hybridized carbons (Fsp3) is 0.368. The third-order valence-corrected chi connectivity index (χ3v) is 3.96. The zero-order valence-electron chi connectivity index (χ0n) is 16.0. The van der Waals surface area contributed by atoms with E-state index in [-0.39, 0.29) is 11.4 Å². The zero-order chi connectivity index (χ0) is 20.9. The lowest BCUT2D eigenvalue weighted by Crippen LogP contribution is -2.19. The third kappa shape index (κ3) is 5.21. The van der Waals surface area contributed by atoms with Gasteiger partial charge in [0.1, 0.15) is 5.75 Å². The largest absolute Gasteiger partial charge is 0.493 e. The van der Waals surface area contributed by atoms with Crippen molar-refractivity contribution in [3.05, 3.63) is 51.6 Å². The molecule has 0 saturated carbocycles. The van der Waals surface area contributed by atoms with Crippen molar-refractivity contribution < 1.29 is 32.7 Å². The second-order valence-corrected chi connectivity index (χ2v) is 5.99. The number of halogens is 2. The molecule has 0 radical (unpaired) electrons. The van der Waals surface area contributed by atoms with Gasteiger partial charge >= 0.3 is 6.11 Å². The summed E-state index contributed by atoms with van der Waals surface area (Å²) in [6.45, 7) is 0.567. The number of benzene rings is 2. The molecule has 0 aliphatic heterocycles. The summed E-state index contributed by atoms with van der Waals surface area (Å²) in [6, 6.07) is 7.21. The Morgan fingerprint density at radius 3 is 2.07 bits per heavy atom. The van der Waals surface area contributed by atoms with Gasteiger partial charge in [0.15, 0.2) is 11.5 Å². The fourth-order valence-electron chi connectivity index (χ4n) is 2.75. The number of aryl methyl sites for hydroxylation is 2. The standard InChI is InChI=1S/C19H21F2NO6/c1-19(20,21)28-14-8-7-13(15(11-14)22(23)24)6-5-12-9-16(25-2)18(27-4)17(10-12)26-3/h7-11H,5-6H2,1-4H3. The lowest BCUT2D eigenvalue weighted by Gasteiger charge is -2.15. The van der Waals surface area contributed by atoms with Crippen LogP contribution in [0.15, 0.2) is 30.3 Å². The Kier molecular flexibility index (Phi) is 6.61. The lowest BCUT2D eigenvalue weighted by atomic mass is 10.0. The van der Waals surface area contributed by atoms with E-state index >= 15 is 0 Å². The number of ether oxygens (including phenoxy) is 4.